The highest BCUT2D eigenvalue weighted by molar-refractivity contribution is 5.82. The lowest BCUT2D eigenvalue weighted by Gasteiger charge is -2.17. The van der Waals surface area contributed by atoms with E-state index in [1.54, 1.807) is 23.3 Å². The largest absolute Gasteiger partial charge is 0.468 e. The van der Waals surface area contributed by atoms with Crippen LogP contribution in [0.15, 0.2) is 18.7 Å². The summed E-state index contributed by atoms with van der Waals surface area (Å²) >= 11 is 0. The van der Waals surface area contributed by atoms with Gasteiger partial charge in [0.1, 0.15) is 18.9 Å². The van der Waals surface area contributed by atoms with Crippen LogP contribution in [-0.2, 0) is 16.6 Å². The lowest BCUT2D eigenvalue weighted by molar-refractivity contribution is -0.670. The van der Waals surface area contributed by atoms with E-state index in [4.69, 9.17) is 0 Å². The van der Waals surface area contributed by atoms with Crippen LogP contribution in [0.2, 0.25) is 0 Å². The molecule has 0 aromatic carbocycles. The van der Waals surface area contributed by atoms with Crippen LogP contribution in [-0.4, -0.2) is 41.7 Å². The van der Waals surface area contributed by atoms with Crippen LogP contribution in [0.25, 0.3) is 0 Å². The number of amides is 1. The van der Waals surface area contributed by atoms with E-state index in [1.807, 2.05) is 14.0 Å². The highest BCUT2D eigenvalue weighted by Crippen LogP contribution is 1.98. The van der Waals surface area contributed by atoms with Crippen molar-refractivity contribution in [2.75, 3.05) is 20.2 Å². The van der Waals surface area contributed by atoms with E-state index in [0.717, 1.165) is 6.42 Å². The quantitative estimate of drug-likeness (QED) is 0.556. The Kier molecular flexibility index (Phi) is 4.68. The zero-order chi connectivity index (χ0) is 12.8. The summed E-state index contributed by atoms with van der Waals surface area (Å²) in [5.74, 6) is -0.414. The van der Waals surface area contributed by atoms with Gasteiger partial charge in [-0.3, -0.25) is 9.69 Å². The van der Waals surface area contributed by atoms with E-state index >= 15 is 0 Å². The third-order valence-electron chi connectivity index (χ3n) is 2.30. The summed E-state index contributed by atoms with van der Waals surface area (Å²) in [5.41, 5.74) is 0. The van der Waals surface area contributed by atoms with Gasteiger partial charge in [-0.1, -0.05) is 6.92 Å². The van der Waals surface area contributed by atoms with Gasteiger partial charge >= 0.3 is 12.0 Å². The molecule has 94 valence electrons. The SMILES string of the molecule is CCCN(CC(=O)OC)C(=O)n1cc[n+](C)c1. The van der Waals surface area contributed by atoms with Gasteiger partial charge in [0.2, 0.25) is 0 Å². The number of hydrogen-bond acceptors (Lipinski definition) is 3. The minimum absolute atomic E-state index is 0.0228. The number of ether oxygens (including phenoxy) is 1. The molecule has 0 aliphatic rings. The van der Waals surface area contributed by atoms with Gasteiger partial charge in [-0.15, -0.1) is 0 Å². The van der Waals surface area contributed by atoms with Crippen molar-refractivity contribution in [1.29, 1.82) is 0 Å². The number of aryl methyl sites for hydroxylation is 1. The zero-order valence-corrected chi connectivity index (χ0v) is 10.4. The highest BCUT2D eigenvalue weighted by Gasteiger charge is 2.22. The normalized spacial score (nSPS) is 10.1. The number of rotatable bonds is 4. The number of methoxy groups -OCH3 is 1. The molecule has 1 heterocycles. The van der Waals surface area contributed by atoms with Crippen molar-refractivity contribution in [3.63, 3.8) is 0 Å². The standard InChI is InChI=1S/C11H18N3O3/c1-4-5-13(8-10(15)17-3)11(16)14-7-6-12(2)9-14/h6-7,9H,4-5,8H2,1-3H3/q+1. The van der Waals surface area contributed by atoms with Gasteiger partial charge in [0, 0.05) is 6.54 Å². The zero-order valence-electron chi connectivity index (χ0n) is 10.4. The Bertz CT molecular complexity index is 400. The maximum absolute atomic E-state index is 12.1. The molecule has 0 N–H and O–H groups in total. The first-order chi connectivity index (χ1) is 8.08. The smallest absolute Gasteiger partial charge is 0.416 e. The molecule has 0 fully saturated rings. The highest BCUT2D eigenvalue weighted by atomic mass is 16.5. The number of esters is 1. The van der Waals surface area contributed by atoms with Gasteiger partial charge in [0.25, 0.3) is 6.33 Å². The second-order valence-corrected chi connectivity index (χ2v) is 3.77. The minimum atomic E-state index is -0.414. The van der Waals surface area contributed by atoms with E-state index in [1.165, 1.54) is 16.6 Å². The number of nitrogens with zero attached hydrogens (tertiary/aromatic N) is 3. The summed E-state index contributed by atoms with van der Waals surface area (Å²) < 4.78 is 7.78. The summed E-state index contributed by atoms with van der Waals surface area (Å²) in [5, 5.41) is 0. The van der Waals surface area contributed by atoms with E-state index < -0.39 is 5.97 Å². The van der Waals surface area contributed by atoms with Crippen LogP contribution in [0.3, 0.4) is 0 Å². The van der Waals surface area contributed by atoms with Gasteiger partial charge in [0.15, 0.2) is 0 Å². The van der Waals surface area contributed by atoms with Crippen LogP contribution >= 0.6 is 0 Å². The van der Waals surface area contributed by atoms with Crippen LogP contribution < -0.4 is 4.57 Å². The average Bonchev–Trinajstić information content (AvgIpc) is 2.74. The van der Waals surface area contributed by atoms with Gasteiger partial charge < -0.3 is 4.74 Å². The molecule has 1 rings (SSSR count). The fourth-order valence-electron chi connectivity index (χ4n) is 1.46. The molecule has 0 saturated carbocycles. The molecular weight excluding hydrogens is 222 g/mol. The van der Waals surface area contributed by atoms with Crippen molar-refractivity contribution in [2.24, 2.45) is 7.05 Å². The van der Waals surface area contributed by atoms with Crippen LogP contribution in [0.1, 0.15) is 13.3 Å². The Hall–Kier alpha value is -1.85. The molecule has 1 amide bonds. The average molecular weight is 240 g/mol. The molecule has 0 aliphatic carbocycles. The van der Waals surface area contributed by atoms with Crippen molar-refractivity contribution in [1.82, 2.24) is 9.47 Å². The summed E-state index contributed by atoms with van der Waals surface area (Å²) in [7, 11) is 3.14. The Labute approximate surface area is 100 Å². The molecule has 1 aromatic rings. The van der Waals surface area contributed by atoms with E-state index in [2.05, 4.69) is 4.74 Å². The maximum atomic E-state index is 12.1. The topological polar surface area (TPSA) is 55.4 Å². The number of aromatic nitrogens is 2. The Morgan fingerprint density at radius 1 is 1.47 bits per heavy atom. The molecule has 0 saturated heterocycles. The van der Waals surface area contributed by atoms with Gasteiger partial charge in [0.05, 0.1) is 14.2 Å². The number of imidazole rings is 1. The molecule has 0 spiro atoms. The molecule has 0 aliphatic heterocycles. The molecule has 17 heavy (non-hydrogen) atoms. The predicted octanol–water partition coefficient (Wildman–Crippen LogP) is 0.166. The minimum Gasteiger partial charge on any atom is -0.468 e. The van der Waals surface area contributed by atoms with E-state index in [-0.39, 0.29) is 12.6 Å². The molecular formula is C11H18N3O3+. The van der Waals surface area contributed by atoms with Crippen molar-refractivity contribution < 1.29 is 18.9 Å². The third kappa shape index (κ3) is 3.58. The fraction of sp³-hybridized carbons (Fsp3) is 0.545. The Morgan fingerprint density at radius 3 is 2.65 bits per heavy atom. The molecule has 0 radical (unpaired) electrons. The lowest BCUT2D eigenvalue weighted by atomic mass is 10.4. The first-order valence-corrected chi connectivity index (χ1v) is 5.47. The Balaban J connectivity index is 2.76. The second kappa shape index (κ2) is 6.03. The predicted molar refractivity (Wildman–Crippen MR) is 60.3 cm³/mol. The van der Waals surface area contributed by atoms with E-state index in [0.29, 0.717) is 6.54 Å². The molecule has 6 nitrogen and oxygen atoms in total. The Morgan fingerprint density at radius 2 is 2.18 bits per heavy atom. The number of carbonyl (C=O) groups excluding carboxylic acids is 2. The summed E-state index contributed by atoms with van der Waals surface area (Å²) in [4.78, 5) is 24.7. The van der Waals surface area contributed by atoms with Crippen molar-refractivity contribution in [3.05, 3.63) is 18.7 Å². The molecule has 1 aromatic heterocycles. The van der Waals surface area contributed by atoms with Crippen molar-refractivity contribution in [2.45, 2.75) is 13.3 Å². The van der Waals surface area contributed by atoms with Gasteiger partial charge in [-0.2, -0.15) is 4.57 Å². The molecule has 6 heteroatoms. The number of hydrogen-bond donors (Lipinski definition) is 0. The van der Waals surface area contributed by atoms with Crippen molar-refractivity contribution >= 4 is 12.0 Å². The van der Waals surface area contributed by atoms with Crippen LogP contribution in [0.4, 0.5) is 4.79 Å². The second-order valence-electron chi connectivity index (χ2n) is 3.77. The van der Waals surface area contributed by atoms with Crippen molar-refractivity contribution in [3.8, 4) is 0 Å². The number of carbonyl (C=O) groups is 2. The third-order valence-corrected chi connectivity index (χ3v) is 2.30. The lowest BCUT2D eigenvalue weighted by Crippen LogP contribution is -2.39. The van der Waals surface area contributed by atoms with Gasteiger partial charge in [-0.05, 0) is 6.42 Å². The molecule has 0 bridgehead atoms. The van der Waals surface area contributed by atoms with Gasteiger partial charge in [-0.25, -0.2) is 9.36 Å². The molecule has 0 atom stereocenters. The fourth-order valence-corrected chi connectivity index (χ4v) is 1.46. The summed E-state index contributed by atoms with van der Waals surface area (Å²) in [6.45, 7) is 2.45. The summed E-state index contributed by atoms with van der Waals surface area (Å²) in [6, 6.07) is -0.224. The van der Waals surface area contributed by atoms with Crippen LogP contribution in [0, 0.1) is 0 Å². The first kappa shape index (κ1) is 13.2. The summed E-state index contributed by atoms with van der Waals surface area (Å²) in [6.07, 6.45) is 5.86. The first-order valence-electron chi connectivity index (χ1n) is 5.47. The molecule has 0 unspecified atom stereocenters. The van der Waals surface area contributed by atoms with E-state index in [9.17, 15) is 9.59 Å². The van der Waals surface area contributed by atoms with Crippen LogP contribution in [0.5, 0.6) is 0 Å². The maximum Gasteiger partial charge on any atom is 0.416 e. The monoisotopic (exact) mass is 240 g/mol.